The van der Waals surface area contributed by atoms with E-state index >= 15 is 0 Å². The van der Waals surface area contributed by atoms with Gasteiger partial charge in [0, 0.05) is 37.5 Å². The lowest BCUT2D eigenvalue weighted by atomic mass is 10.0. The average molecular weight is 237 g/mol. The van der Waals surface area contributed by atoms with Crippen LogP contribution in [0.4, 0.5) is 0 Å². The zero-order chi connectivity index (χ0) is 12.4. The van der Waals surface area contributed by atoms with Crippen LogP contribution in [0.5, 0.6) is 0 Å². The summed E-state index contributed by atoms with van der Waals surface area (Å²) >= 11 is 0. The Morgan fingerprint density at radius 3 is 2.94 bits per heavy atom. The van der Waals surface area contributed by atoms with Gasteiger partial charge in [0.2, 0.25) is 0 Å². The van der Waals surface area contributed by atoms with Crippen LogP contribution in [0.1, 0.15) is 43.5 Å². The molecular weight excluding hydrogens is 214 g/mol. The van der Waals surface area contributed by atoms with Crippen molar-refractivity contribution in [2.24, 2.45) is 13.0 Å². The summed E-state index contributed by atoms with van der Waals surface area (Å²) in [6.45, 7) is 4.53. The first-order valence-electron chi connectivity index (χ1n) is 6.49. The Morgan fingerprint density at radius 1 is 1.59 bits per heavy atom. The van der Waals surface area contributed by atoms with Crippen molar-refractivity contribution in [1.29, 1.82) is 0 Å². The molecule has 1 aromatic rings. The zero-order valence-corrected chi connectivity index (χ0v) is 11.0. The van der Waals surface area contributed by atoms with Crippen molar-refractivity contribution in [2.45, 2.75) is 45.2 Å². The molecule has 3 atom stereocenters. The van der Waals surface area contributed by atoms with Gasteiger partial charge in [0.15, 0.2) is 0 Å². The van der Waals surface area contributed by atoms with Crippen LogP contribution in [0.2, 0.25) is 0 Å². The fourth-order valence-corrected chi connectivity index (χ4v) is 2.93. The van der Waals surface area contributed by atoms with E-state index in [4.69, 9.17) is 0 Å². The topological polar surface area (TPSA) is 50.1 Å². The number of hydrogen-bond acceptors (Lipinski definition) is 3. The molecule has 1 fully saturated rings. The lowest BCUT2D eigenvalue weighted by Crippen LogP contribution is -2.35. The maximum absolute atomic E-state index is 9.32. The van der Waals surface area contributed by atoms with E-state index in [0.29, 0.717) is 24.6 Å². The van der Waals surface area contributed by atoms with Crippen molar-refractivity contribution in [3.05, 3.63) is 17.5 Å². The molecule has 4 nitrogen and oxygen atoms in total. The molecule has 1 aliphatic carbocycles. The number of nitrogens with zero attached hydrogens (tertiary/aromatic N) is 2. The van der Waals surface area contributed by atoms with Crippen LogP contribution in [-0.2, 0) is 7.05 Å². The third-order valence-electron chi connectivity index (χ3n) is 3.88. The van der Waals surface area contributed by atoms with Gasteiger partial charge < -0.3 is 10.4 Å². The minimum Gasteiger partial charge on any atom is -0.396 e. The van der Waals surface area contributed by atoms with Gasteiger partial charge in [-0.2, -0.15) is 5.10 Å². The smallest absolute Gasteiger partial charge is 0.0641 e. The van der Waals surface area contributed by atoms with Crippen LogP contribution in [0, 0.1) is 12.8 Å². The van der Waals surface area contributed by atoms with Gasteiger partial charge in [-0.05, 0) is 32.6 Å². The lowest BCUT2D eigenvalue weighted by Gasteiger charge is -2.23. The largest absolute Gasteiger partial charge is 0.396 e. The Labute approximate surface area is 103 Å². The number of aliphatic hydroxyl groups excluding tert-OH is 1. The van der Waals surface area contributed by atoms with Gasteiger partial charge in [-0.15, -0.1) is 0 Å². The second-order valence-corrected chi connectivity index (χ2v) is 5.21. The molecule has 0 aromatic carbocycles. The highest BCUT2D eigenvalue weighted by atomic mass is 16.3. The monoisotopic (exact) mass is 237 g/mol. The molecule has 3 unspecified atom stereocenters. The molecule has 0 amide bonds. The van der Waals surface area contributed by atoms with E-state index in [9.17, 15) is 5.11 Å². The summed E-state index contributed by atoms with van der Waals surface area (Å²) in [5.74, 6) is 0.425. The maximum Gasteiger partial charge on any atom is 0.0641 e. The van der Waals surface area contributed by atoms with Crippen LogP contribution < -0.4 is 5.32 Å². The standard InChI is InChI=1S/C13H23N3O/c1-9(12-7-16(3)15-10(12)2)14-13-6-4-5-11(13)8-17/h7,9,11,13-14,17H,4-6,8H2,1-3H3. The van der Waals surface area contributed by atoms with E-state index in [1.165, 1.54) is 18.4 Å². The van der Waals surface area contributed by atoms with Gasteiger partial charge in [-0.3, -0.25) is 4.68 Å². The van der Waals surface area contributed by atoms with E-state index < -0.39 is 0 Å². The minimum atomic E-state index is 0.302. The molecule has 2 N–H and O–H groups in total. The molecule has 1 aliphatic rings. The maximum atomic E-state index is 9.32. The molecule has 1 aromatic heterocycles. The number of hydrogen-bond donors (Lipinski definition) is 2. The fourth-order valence-electron chi connectivity index (χ4n) is 2.93. The third-order valence-corrected chi connectivity index (χ3v) is 3.88. The van der Waals surface area contributed by atoms with Crippen LogP contribution in [0.3, 0.4) is 0 Å². The van der Waals surface area contributed by atoms with Gasteiger partial charge >= 0.3 is 0 Å². The summed E-state index contributed by atoms with van der Waals surface area (Å²) < 4.78 is 1.86. The number of aromatic nitrogens is 2. The van der Waals surface area contributed by atoms with E-state index in [-0.39, 0.29) is 0 Å². The molecule has 1 heterocycles. The Balaban J connectivity index is 2.01. The SMILES string of the molecule is Cc1nn(C)cc1C(C)NC1CCCC1CO. The van der Waals surface area contributed by atoms with E-state index in [1.807, 2.05) is 18.7 Å². The van der Waals surface area contributed by atoms with E-state index in [2.05, 4.69) is 23.5 Å². The Hall–Kier alpha value is -0.870. The van der Waals surface area contributed by atoms with Crippen molar-refractivity contribution in [3.8, 4) is 0 Å². The molecular formula is C13H23N3O. The van der Waals surface area contributed by atoms with E-state index in [0.717, 1.165) is 12.1 Å². The third kappa shape index (κ3) is 2.69. The summed E-state index contributed by atoms with van der Waals surface area (Å²) in [6, 6.07) is 0.760. The summed E-state index contributed by atoms with van der Waals surface area (Å²) in [7, 11) is 1.95. The van der Waals surface area contributed by atoms with E-state index in [1.54, 1.807) is 0 Å². The molecule has 17 heavy (non-hydrogen) atoms. The molecule has 2 rings (SSSR count). The average Bonchev–Trinajstić information content (AvgIpc) is 2.84. The van der Waals surface area contributed by atoms with Crippen molar-refractivity contribution in [2.75, 3.05) is 6.61 Å². The molecule has 1 saturated carbocycles. The normalized spacial score (nSPS) is 26.4. The summed E-state index contributed by atoms with van der Waals surface area (Å²) in [5, 5.41) is 17.3. The number of rotatable bonds is 4. The number of nitrogens with one attached hydrogen (secondary N) is 1. The summed E-state index contributed by atoms with van der Waals surface area (Å²) in [4.78, 5) is 0. The van der Waals surface area contributed by atoms with Crippen LogP contribution in [-0.4, -0.2) is 27.5 Å². The van der Waals surface area contributed by atoms with Gasteiger partial charge in [0.05, 0.1) is 5.69 Å². The van der Waals surface area contributed by atoms with Gasteiger partial charge in [-0.25, -0.2) is 0 Å². The first kappa shape index (κ1) is 12.6. The molecule has 0 bridgehead atoms. The molecule has 96 valence electrons. The molecule has 0 spiro atoms. The summed E-state index contributed by atoms with van der Waals surface area (Å²) in [6.07, 6.45) is 5.62. The Morgan fingerprint density at radius 2 is 2.35 bits per heavy atom. The highest BCUT2D eigenvalue weighted by Crippen LogP contribution is 2.28. The Bertz CT molecular complexity index is 375. The van der Waals surface area contributed by atoms with Crippen LogP contribution in [0.15, 0.2) is 6.20 Å². The summed E-state index contributed by atoms with van der Waals surface area (Å²) in [5.41, 5.74) is 2.35. The first-order valence-corrected chi connectivity index (χ1v) is 6.49. The van der Waals surface area contributed by atoms with Gasteiger partial charge in [0.25, 0.3) is 0 Å². The van der Waals surface area contributed by atoms with Crippen molar-refractivity contribution in [1.82, 2.24) is 15.1 Å². The quantitative estimate of drug-likeness (QED) is 0.835. The predicted octanol–water partition coefficient (Wildman–Crippen LogP) is 1.54. The van der Waals surface area contributed by atoms with Crippen molar-refractivity contribution < 1.29 is 5.11 Å². The van der Waals surface area contributed by atoms with Gasteiger partial charge in [-0.1, -0.05) is 6.42 Å². The molecule has 0 aliphatic heterocycles. The van der Waals surface area contributed by atoms with Gasteiger partial charge in [0.1, 0.15) is 0 Å². The molecule has 0 radical (unpaired) electrons. The fraction of sp³-hybridized carbons (Fsp3) is 0.769. The molecule has 0 saturated heterocycles. The predicted molar refractivity (Wildman–Crippen MR) is 67.7 cm³/mol. The number of aryl methyl sites for hydroxylation is 2. The highest BCUT2D eigenvalue weighted by Gasteiger charge is 2.28. The van der Waals surface area contributed by atoms with Crippen molar-refractivity contribution in [3.63, 3.8) is 0 Å². The lowest BCUT2D eigenvalue weighted by molar-refractivity contribution is 0.200. The molecule has 4 heteroatoms. The second kappa shape index (κ2) is 5.19. The first-order chi connectivity index (χ1) is 8.11. The zero-order valence-electron chi connectivity index (χ0n) is 11.0. The highest BCUT2D eigenvalue weighted by molar-refractivity contribution is 5.19. The van der Waals surface area contributed by atoms with Crippen LogP contribution in [0.25, 0.3) is 0 Å². The van der Waals surface area contributed by atoms with Crippen LogP contribution >= 0.6 is 0 Å². The second-order valence-electron chi connectivity index (χ2n) is 5.21. The minimum absolute atomic E-state index is 0.302. The Kier molecular flexibility index (Phi) is 3.84. The van der Waals surface area contributed by atoms with Crippen molar-refractivity contribution >= 4 is 0 Å². The number of aliphatic hydroxyl groups is 1.